The van der Waals surface area contributed by atoms with Crippen LogP contribution < -0.4 is 5.73 Å². The van der Waals surface area contributed by atoms with Gasteiger partial charge < -0.3 is 10.6 Å². The summed E-state index contributed by atoms with van der Waals surface area (Å²) in [4.78, 5) is 2.39. The second-order valence-corrected chi connectivity index (χ2v) is 5.97. The predicted molar refractivity (Wildman–Crippen MR) is 82.0 cm³/mol. The zero-order valence-corrected chi connectivity index (χ0v) is 12.4. The third kappa shape index (κ3) is 3.59. The maximum Gasteiger partial charge on any atom is 0.131 e. The number of benzene rings is 1. The van der Waals surface area contributed by atoms with E-state index in [1.807, 2.05) is 30.3 Å². The molecule has 0 radical (unpaired) electrons. The second kappa shape index (κ2) is 6.88. The molecule has 0 aliphatic heterocycles. The smallest absolute Gasteiger partial charge is 0.131 e. The van der Waals surface area contributed by atoms with Crippen LogP contribution in [-0.2, 0) is 5.54 Å². The molecule has 0 heterocycles. The van der Waals surface area contributed by atoms with Crippen LogP contribution in [-0.4, -0.2) is 24.5 Å². The highest BCUT2D eigenvalue weighted by Gasteiger charge is 2.28. The van der Waals surface area contributed by atoms with Crippen LogP contribution in [0.2, 0.25) is 0 Å². The number of hydrogen-bond donors (Lipinski definition) is 1. The summed E-state index contributed by atoms with van der Waals surface area (Å²) < 4.78 is 0. The lowest BCUT2D eigenvalue weighted by molar-refractivity contribution is 0.181. The molecular formula is C17H25N3. The molecule has 0 saturated heterocycles. The van der Waals surface area contributed by atoms with Crippen molar-refractivity contribution in [3.05, 3.63) is 35.9 Å². The van der Waals surface area contributed by atoms with Gasteiger partial charge in [-0.25, -0.2) is 0 Å². The van der Waals surface area contributed by atoms with Crippen molar-refractivity contribution < 1.29 is 0 Å². The maximum atomic E-state index is 9.47. The first kappa shape index (κ1) is 15.0. The lowest BCUT2D eigenvalue weighted by atomic mass is 9.88. The number of nitrogens with two attached hydrogens (primary N) is 1. The predicted octanol–water partition coefficient (Wildman–Crippen LogP) is 3.02. The van der Waals surface area contributed by atoms with E-state index in [2.05, 4.69) is 18.0 Å². The summed E-state index contributed by atoms with van der Waals surface area (Å²) in [6.45, 7) is 0.879. The second-order valence-electron chi connectivity index (χ2n) is 5.97. The summed E-state index contributed by atoms with van der Waals surface area (Å²) in [5.41, 5.74) is 6.35. The van der Waals surface area contributed by atoms with E-state index in [9.17, 15) is 5.26 Å². The van der Waals surface area contributed by atoms with Crippen molar-refractivity contribution in [2.24, 2.45) is 5.73 Å². The molecule has 108 valence electrons. The summed E-state index contributed by atoms with van der Waals surface area (Å²) in [5, 5.41) is 9.47. The molecule has 1 unspecified atom stereocenters. The molecule has 3 nitrogen and oxygen atoms in total. The molecule has 0 spiro atoms. The zero-order chi connectivity index (χ0) is 14.4. The maximum absolute atomic E-state index is 9.47. The van der Waals surface area contributed by atoms with Gasteiger partial charge in [0.1, 0.15) is 5.54 Å². The molecule has 0 amide bonds. The molecule has 20 heavy (non-hydrogen) atoms. The quantitative estimate of drug-likeness (QED) is 0.895. The first-order valence-corrected chi connectivity index (χ1v) is 7.61. The number of hydrogen-bond acceptors (Lipinski definition) is 3. The van der Waals surface area contributed by atoms with Gasteiger partial charge in [0.05, 0.1) is 6.07 Å². The van der Waals surface area contributed by atoms with E-state index in [0.717, 1.165) is 12.1 Å². The van der Waals surface area contributed by atoms with Crippen LogP contribution in [0, 0.1) is 11.3 Å². The molecule has 1 atom stereocenters. The highest BCUT2D eigenvalue weighted by atomic mass is 15.1. The van der Waals surface area contributed by atoms with E-state index >= 15 is 0 Å². The third-order valence-electron chi connectivity index (χ3n) is 4.55. The highest BCUT2D eigenvalue weighted by molar-refractivity contribution is 5.30. The minimum Gasteiger partial charge on any atom is -0.310 e. The zero-order valence-electron chi connectivity index (χ0n) is 12.4. The monoisotopic (exact) mass is 271 g/mol. The van der Waals surface area contributed by atoms with Crippen molar-refractivity contribution in [1.29, 1.82) is 5.26 Å². The lowest BCUT2D eigenvalue weighted by Gasteiger charge is -2.33. The van der Waals surface area contributed by atoms with Gasteiger partial charge in [0, 0.05) is 12.6 Å². The van der Waals surface area contributed by atoms with E-state index in [4.69, 9.17) is 5.73 Å². The molecule has 3 heteroatoms. The molecule has 0 bridgehead atoms. The summed E-state index contributed by atoms with van der Waals surface area (Å²) in [6.07, 6.45) is 7.28. The van der Waals surface area contributed by atoms with Crippen LogP contribution in [0.1, 0.15) is 44.1 Å². The van der Waals surface area contributed by atoms with Gasteiger partial charge in [-0.3, -0.25) is 0 Å². The van der Waals surface area contributed by atoms with Gasteiger partial charge in [-0.2, -0.15) is 5.26 Å². The molecule has 1 aromatic carbocycles. The molecule has 2 N–H and O–H groups in total. The minimum atomic E-state index is -0.871. The van der Waals surface area contributed by atoms with Crippen LogP contribution in [0.25, 0.3) is 0 Å². The van der Waals surface area contributed by atoms with Gasteiger partial charge in [0.2, 0.25) is 0 Å². The Labute approximate surface area is 122 Å². The minimum absolute atomic E-state index is 0.669. The number of nitrogens with zero attached hydrogens (tertiary/aromatic N) is 2. The van der Waals surface area contributed by atoms with E-state index in [0.29, 0.717) is 12.5 Å². The molecule has 1 saturated carbocycles. The summed E-state index contributed by atoms with van der Waals surface area (Å²) in [6, 6.07) is 12.7. The Kier molecular flexibility index (Phi) is 5.17. The average Bonchev–Trinajstić information content (AvgIpc) is 2.54. The van der Waals surface area contributed by atoms with Crippen molar-refractivity contribution >= 4 is 0 Å². The van der Waals surface area contributed by atoms with E-state index < -0.39 is 5.54 Å². The van der Waals surface area contributed by atoms with E-state index in [1.165, 1.54) is 32.1 Å². The van der Waals surface area contributed by atoms with Crippen molar-refractivity contribution in [1.82, 2.24) is 4.90 Å². The number of nitriles is 1. The Balaban J connectivity index is 1.95. The summed E-state index contributed by atoms with van der Waals surface area (Å²) in [5.74, 6) is 0. The van der Waals surface area contributed by atoms with Crippen molar-refractivity contribution in [3.63, 3.8) is 0 Å². The standard InChI is InChI=1S/C17H25N3/c1-20(16-10-6-3-7-11-16)13-12-17(19,14-18)15-8-4-2-5-9-15/h2,4-5,8-9,16H,3,6-7,10-13,19H2,1H3. The van der Waals surface area contributed by atoms with Crippen LogP contribution in [0.15, 0.2) is 30.3 Å². The molecule has 1 aromatic rings. The van der Waals surface area contributed by atoms with Crippen LogP contribution in [0.5, 0.6) is 0 Å². The summed E-state index contributed by atoms with van der Waals surface area (Å²) in [7, 11) is 2.17. The average molecular weight is 271 g/mol. The van der Waals surface area contributed by atoms with Crippen molar-refractivity contribution in [3.8, 4) is 6.07 Å². The fourth-order valence-electron chi connectivity index (χ4n) is 3.06. The molecule has 2 rings (SSSR count). The normalized spacial score (nSPS) is 19.5. The Hall–Kier alpha value is -1.37. The molecule has 1 aliphatic carbocycles. The molecule has 1 fully saturated rings. The first-order valence-electron chi connectivity index (χ1n) is 7.61. The fraction of sp³-hybridized carbons (Fsp3) is 0.588. The number of rotatable bonds is 5. The van der Waals surface area contributed by atoms with Crippen molar-refractivity contribution in [2.45, 2.75) is 50.1 Å². The Morgan fingerprint density at radius 3 is 2.50 bits per heavy atom. The fourth-order valence-corrected chi connectivity index (χ4v) is 3.06. The lowest BCUT2D eigenvalue weighted by Crippen LogP contribution is -2.41. The molecular weight excluding hydrogens is 246 g/mol. The van der Waals surface area contributed by atoms with Crippen LogP contribution >= 0.6 is 0 Å². The van der Waals surface area contributed by atoms with Crippen LogP contribution in [0.3, 0.4) is 0 Å². The Morgan fingerprint density at radius 1 is 1.25 bits per heavy atom. The van der Waals surface area contributed by atoms with Gasteiger partial charge in [-0.1, -0.05) is 49.6 Å². The topological polar surface area (TPSA) is 53.0 Å². The Morgan fingerprint density at radius 2 is 1.90 bits per heavy atom. The van der Waals surface area contributed by atoms with Crippen LogP contribution in [0.4, 0.5) is 0 Å². The largest absolute Gasteiger partial charge is 0.310 e. The van der Waals surface area contributed by atoms with Gasteiger partial charge >= 0.3 is 0 Å². The van der Waals surface area contributed by atoms with E-state index in [-0.39, 0.29) is 0 Å². The first-order chi connectivity index (χ1) is 9.65. The van der Waals surface area contributed by atoms with Gasteiger partial charge in [-0.15, -0.1) is 0 Å². The summed E-state index contributed by atoms with van der Waals surface area (Å²) >= 11 is 0. The molecule has 1 aliphatic rings. The van der Waals surface area contributed by atoms with E-state index in [1.54, 1.807) is 0 Å². The Bertz CT molecular complexity index is 445. The van der Waals surface area contributed by atoms with Crippen molar-refractivity contribution in [2.75, 3.05) is 13.6 Å². The highest BCUT2D eigenvalue weighted by Crippen LogP contribution is 2.25. The SMILES string of the molecule is CN(CCC(N)(C#N)c1ccccc1)C1CCCCC1. The van der Waals surface area contributed by atoms with Gasteiger partial charge in [0.25, 0.3) is 0 Å². The molecule has 0 aromatic heterocycles. The van der Waals surface area contributed by atoms with Gasteiger partial charge in [0.15, 0.2) is 0 Å². The van der Waals surface area contributed by atoms with Gasteiger partial charge in [-0.05, 0) is 31.9 Å². The third-order valence-corrected chi connectivity index (χ3v) is 4.55.